The second-order valence-electron chi connectivity index (χ2n) is 4.77. The standard InChI is InChI=1S/C15H11Cl2N5O2/c16-7-1-2-8(9(17)5-7)13-12(24-15(19)23)6-11(21-13)10-3-4-20-14(18)22-10/h1-6,21H,(H2,19,23)(H2,18,20,22). The Labute approximate surface area is 146 Å². The SMILES string of the molecule is NC(=O)Oc1cc(-c2ccnc(N)n2)[nH]c1-c1ccc(Cl)cc1Cl. The molecule has 0 spiro atoms. The van der Waals surface area contributed by atoms with Crippen molar-refractivity contribution in [2.45, 2.75) is 0 Å². The highest BCUT2D eigenvalue weighted by Gasteiger charge is 2.18. The van der Waals surface area contributed by atoms with Gasteiger partial charge in [0.05, 0.1) is 22.1 Å². The lowest BCUT2D eigenvalue weighted by atomic mass is 10.1. The lowest BCUT2D eigenvalue weighted by Crippen LogP contribution is -2.16. The first-order valence-corrected chi connectivity index (χ1v) is 7.44. The Morgan fingerprint density at radius 3 is 2.67 bits per heavy atom. The van der Waals surface area contributed by atoms with Gasteiger partial charge in [0.1, 0.15) is 0 Å². The van der Waals surface area contributed by atoms with Gasteiger partial charge in [-0.2, -0.15) is 0 Å². The monoisotopic (exact) mass is 363 g/mol. The molecular formula is C15H11Cl2N5O2. The van der Waals surface area contributed by atoms with Crippen molar-refractivity contribution in [3.8, 4) is 28.4 Å². The van der Waals surface area contributed by atoms with Crippen molar-refractivity contribution in [1.29, 1.82) is 0 Å². The fourth-order valence-corrected chi connectivity index (χ4v) is 2.68. The summed E-state index contributed by atoms with van der Waals surface area (Å²) >= 11 is 12.1. The number of nitrogen functional groups attached to an aromatic ring is 1. The molecule has 0 radical (unpaired) electrons. The van der Waals surface area contributed by atoms with Gasteiger partial charge in [0.15, 0.2) is 5.75 Å². The lowest BCUT2D eigenvalue weighted by Gasteiger charge is -2.06. The summed E-state index contributed by atoms with van der Waals surface area (Å²) in [5, 5.41) is 0.865. The van der Waals surface area contributed by atoms with Crippen molar-refractivity contribution in [3.63, 3.8) is 0 Å². The molecule has 0 atom stereocenters. The number of rotatable bonds is 3. The zero-order chi connectivity index (χ0) is 17.3. The van der Waals surface area contributed by atoms with Crippen LogP contribution in [0.5, 0.6) is 5.75 Å². The predicted octanol–water partition coefficient (Wildman–Crippen LogP) is 3.49. The van der Waals surface area contributed by atoms with E-state index < -0.39 is 6.09 Å². The smallest absolute Gasteiger partial charge is 0.408 e. The van der Waals surface area contributed by atoms with Crippen LogP contribution in [0.15, 0.2) is 36.5 Å². The fourth-order valence-electron chi connectivity index (χ4n) is 2.18. The van der Waals surface area contributed by atoms with Crippen LogP contribution in [-0.4, -0.2) is 21.0 Å². The molecule has 0 saturated heterocycles. The number of carbonyl (C=O) groups excluding carboxylic acids is 1. The molecule has 0 bridgehead atoms. The molecule has 7 nitrogen and oxygen atoms in total. The predicted molar refractivity (Wildman–Crippen MR) is 91.9 cm³/mol. The van der Waals surface area contributed by atoms with Crippen LogP contribution in [-0.2, 0) is 0 Å². The number of carbonyl (C=O) groups is 1. The summed E-state index contributed by atoms with van der Waals surface area (Å²) in [4.78, 5) is 22.2. The normalized spacial score (nSPS) is 10.6. The highest BCUT2D eigenvalue weighted by molar-refractivity contribution is 6.36. The molecule has 0 fully saturated rings. The van der Waals surface area contributed by atoms with Crippen LogP contribution in [0.2, 0.25) is 10.0 Å². The Bertz CT molecular complexity index is 926. The number of hydrogen-bond donors (Lipinski definition) is 3. The van der Waals surface area contributed by atoms with Gasteiger partial charge >= 0.3 is 6.09 Å². The molecule has 2 aromatic heterocycles. The number of nitrogens with one attached hydrogen (secondary N) is 1. The van der Waals surface area contributed by atoms with Crippen LogP contribution in [0.3, 0.4) is 0 Å². The highest BCUT2D eigenvalue weighted by Crippen LogP contribution is 2.38. The fraction of sp³-hybridized carbons (Fsp3) is 0. The van der Waals surface area contributed by atoms with Gasteiger partial charge in [-0.1, -0.05) is 23.2 Å². The van der Waals surface area contributed by atoms with E-state index in [-0.39, 0.29) is 11.7 Å². The first-order valence-electron chi connectivity index (χ1n) is 6.68. The Hall–Kier alpha value is -2.77. The first kappa shape index (κ1) is 16.1. The number of H-pyrrole nitrogens is 1. The summed E-state index contributed by atoms with van der Waals surface area (Å²) in [7, 11) is 0. The molecule has 3 rings (SSSR count). The molecule has 2 heterocycles. The van der Waals surface area contributed by atoms with Gasteiger partial charge in [-0.25, -0.2) is 14.8 Å². The molecular weight excluding hydrogens is 353 g/mol. The van der Waals surface area contributed by atoms with E-state index >= 15 is 0 Å². The second-order valence-corrected chi connectivity index (χ2v) is 5.61. The Morgan fingerprint density at radius 2 is 2.00 bits per heavy atom. The summed E-state index contributed by atoms with van der Waals surface area (Å²) < 4.78 is 5.06. The second kappa shape index (κ2) is 6.38. The number of aromatic nitrogens is 3. The van der Waals surface area contributed by atoms with E-state index in [4.69, 9.17) is 39.4 Å². The molecule has 9 heteroatoms. The maximum Gasteiger partial charge on any atom is 0.410 e. The van der Waals surface area contributed by atoms with E-state index in [9.17, 15) is 4.79 Å². The number of nitrogens with two attached hydrogens (primary N) is 2. The molecule has 3 aromatic rings. The average molecular weight is 364 g/mol. The van der Waals surface area contributed by atoms with Crippen LogP contribution < -0.4 is 16.2 Å². The number of halogens is 2. The zero-order valence-electron chi connectivity index (χ0n) is 12.1. The van der Waals surface area contributed by atoms with E-state index in [0.29, 0.717) is 32.7 Å². The largest absolute Gasteiger partial charge is 0.410 e. The van der Waals surface area contributed by atoms with Gasteiger partial charge in [-0.15, -0.1) is 0 Å². The van der Waals surface area contributed by atoms with Crippen molar-refractivity contribution in [2.75, 3.05) is 5.73 Å². The summed E-state index contributed by atoms with van der Waals surface area (Å²) in [6.45, 7) is 0. The van der Waals surface area contributed by atoms with Gasteiger partial charge < -0.3 is 21.2 Å². The molecule has 1 aromatic carbocycles. The molecule has 0 saturated carbocycles. The molecule has 0 unspecified atom stereocenters. The maximum absolute atomic E-state index is 11.2. The van der Waals surface area contributed by atoms with E-state index in [1.165, 1.54) is 6.20 Å². The summed E-state index contributed by atoms with van der Waals surface area (Å²) in [5.74, 6) is 0.324. The molecule has 0 aliphatic heterocycles. The molecule has 122 valence electrons. The number of ether oxygens (including phenoxy) is 1. The van der Waals surface area contributed by atoms with E-state index in [1.807, 2.05) is 0 Å². The zero-order valence-corrected chi connectivity index (χ0v) is 13.6. The highest BCUT2D eigenvalue weighted by atomic mass is 35.5. The van der Waals surface area contributed by atoms with Crippen molar-refractivity contribution in [3.05, 3.63) is 46.6 Å². The van der Waals surface area contributed by atoms with Crippen LogP contribution in [0.4, 0.5) is 10.7 Å². The van der Waals surface area contributed by atoms with Crippen LogP contribution in [0.1, 0.15) is 0 Å². The summed E-state index contributed by atoms with van der Waals surface area (Å²) in [5.41, 5.74) is 12.9. The van der Waals surface area contributed by atoms with Crippen molar-refractivity contribution >= 4 is 35.2 Å². The number of aromatic amines is 1. The van der Waals surface area contributed by atoms with Gasteiger partial charge in [0.25, 0.3) is 0 Å². The number of anilines is 1. The van der Waals surface area contributed by atoms with Crippen molar-refractivity contribution in [2.24, 2.45) is 5.73 Å². The Balaban J connectivity index is 2.15. The van der Waals surface area contributed by atoms with Gasteiger partial charge in [-0.05, 0) is 24.3 Å². The van der Waals surface area contributed by atoms with Crippen LogP contribution >= 0.6 is 23.2 Å². The van der Waals surface area contributed by atoms with E-state index in [0.717, 1.165) is 0 Å². The number of benzene rings is 1. The molecule has 0 aliphatic carbocycles. The van der Waals surface area contributed by atoms with Crippen molar-refractivity contribution < 1.29 is 9.53 Å². The summed E-state index contributed by atoms with van der Waals surface area (Å²) in [6, 6.07) is 8.18. The number of hydrogen-bond acceptors (Lipinski definition) is 5. The van der Waals surface area contributed by atoms with Crippen LogP contribution in [0.25, 0.3) is 22.6 Å². The van der Waals surface area contributed by atoms with Crippen LogP contribution in [0, 0.1) is 0 Å². The minimum absolute atomic E-state index is 0.116. The van der Waals surface area contributed by atoms with Gasteiger partial charge in [0.2, 0.25) is 5.95 Å². The number of amides is 1. The third kappa shape index (κ3) is 3.27. The van der Waals surface area contributed by atoms with Gasteiger partial charge in [0, 0.05) is 22.8 Å². The Morgan fingerprint density at radius 1 is 1.21 bits per heavy atom. The number of primary amides is 1. The minimum Gasteiger partial charge on any atom is -0.408 e. The van der Waals surface area contributed by atoms with Crippen molar-refractivity contribution in [1.82, 2.24) is 15.0 Å². The molecule has 0 aliphatic rings. The minimum atomic E-state index is -0.950. The lowest BCUT2D eigenvalue weighted by molar-refractivity contribution is 0.211. The van der Waals surface area contributed by atoms with Gasteiger partial charge in [-0.3, -0.25) is 0 Å². The van der Waals surface area contributed by atoms with E-state index in [1.54, 1.807) is 30.3 Å². The van der Waals surface area contributed by atoms with E-state index in [2.05, 4.69) is 15.0 Å². The maximum atomic E-state index is 11.2. The molecule has 5 N–H and O–H groups in total. The molecule has 1 amide bonds. The third-order valence-corrected chi connectivity index (χ3v) is 3.69. The third-order valence-electron chi connectivity index (χ3n) is 3.14. The topological polar surface area (TPSA) is 120 Å². The first-order chi connectivity index (χ1) is 11.4. The Kier molecular flexibility index (Phi) is 4.28. The summed E-state index contributed by atoms with van der Waals surface area (Å²) in [6.07, 6.45) is 0.566. The average Bonchev–Trinajstić information content (AvgIpc) is 2.90. The number of nitrogens with zero attached hydrogens (tertiary/aromatic N) is 2. The molecule has 24 heavy (non-hydrogen) atoms. The quantitative estimate of drug-likeness (QED) is 0.657.